The molecule has 0 amide bonds. The second-order valence-electron chi connectivity index (χ2n) is 6.98. The molecule has 1 unspecified atom stereocenters. The lowest BCUT2D eigenvalue weighted by molar-refractivity contribution is 0.124. The van der Waals surface area contributed by atoms with Crippen molar-refractivity contribution in [1.82, 2.24) is 25.0 Å². The van der Waals surface area contributed by atoms with Gasteiger partial charge in [-0.25, -0.2) is 0 Å². The monoisotopic (exact) mass is 530 g/mol. The zero-order chi connectivity index (χ0) is 19.1. The van der Waals surface area contributed by atoms with E-state index in [1.807, 2.05) is 17.7 Å². The first-order chi connectivity index (χ1) is 12.4. The summed E-state index contributed by atoms with van der Waals surface area (Å²) in [5, 5.41) is 7.87. The Bertz CT molecular complexity index is 599. The number of halogens is 3. The van der Waals surface area contributed by atoms with Gasteiger partial charge < -0.3 is 25.0 Å². The Labute approximate surface area is 190 Å². The lowest BCUT2D eigenvalue weighted by Crippen LogP contribution is -2.48. The first-order valence-electron chi connectivity index (χ1n) is 9.33. The van der Waals surface area contributed by atoms with Crippen LogP contribution in [-0.4, -0.2) is 73.2 Å². The maximum absolute atomic E-state index is 6.11. The van der Waals surface area contributed by atoms with Crippen molar-refractivity contribution in [2.24, 2.45) is 18.0 Å². The van der Waals surface area contributed by atoms with Crippen LogP contribution < -0.4 is 10.6 Å². The molecule has 1 atom stereocenters. The smallest absolute Gasteiger partial charge is 0.191 e. The van der Waals surface area contributed by atoms with Crippen molar-refractivity contribution >= 4 is 53.1 Å². The van der Waals surface area contributed by atoms with E-state index in [1.54, 1.807) is 7.05 Å². The fourth-order valence-corrected chi connectivity index (χ4v) is 3.63. The molecule has 2 N–H and O–H groups in total. The van der Waals surface area contributed by atoms with E-state index in [0.29, 0.717) is 22.6 Å². The third-order valence-electron chi connectivity index (χ3n) is 4.98. The molecule has 1 aromatic rings. The molecule has 1 aliphatic rings. The van der Waals surface area contributed by atoms with Crippen LogP contribution in [0.2, 0.25) is 10.2 Å². The lowest BCUT2D eigenvalue weighted by Gasteiger charge is -2.35. The van der Waals surface area contributed by atoms with E-state index >= 15 is 0 Å². The lowest BCUT2D eigenvalue weighted by atomic mass is 10.1. The highest BCUT2D eigenvalue weighted by molar-refractivity contribution is 14.0. The van der Waals surface area contributed by atoms with Crippen LogP contribution in [0.15, 0.2) is 11.1 Å². The van der Waals surface area contributed by atoms with Crippen molar-refractivity contribution in [3.63, 3.8) is 0 Å². The third-order valence-corrected chi connectivity index (χ3v) is 5.82. The first kappa shape index (κ1) is 24.8. The summed E-state index contributed by atoms with van der Waals surface area (Å²) in [5.74, 6) is 1.35. The summed E-state index contributed by atoms with van der Waals surface area (Å²) in [4.78, 5) is 9.37. The van der Waals surface area contributed by atoms with E-state index in [1.165, 1.54) is 26.2 Å². The molecule has 2 rings (SSSR count). The van der Waals surface area contributed by atoms with Gasteiger partial charge in [-0.05, 0) is 18.5 Å². The molecule has 0 aliphatic carbocycles. The summed E-state index contributed by atoms with van der Waals surface area (Å²) in [7, 11) is 3.69. The predicted molar refractivity (Wildman–Crippen MR) is 127 cm³/mol. The molecule has 1 aromatic heterocycles. The van der Waals surface area contributed by atoms with Gasteiger partial charge in [-0.2, -0.15) is 0 Å². The zero-order valence-electron chi connectivity index (χ0n) is 16.8. The van der Waals surface area contributed by atoms with Crippen LogP contribution in [0.25, 0.3) is 0 Å². The number of nitrogens with one attached hydrogen (secondary N) is 2. The van der Waals surface area contributed by atoms with E-state index in [0.717, 1.165) is 31.3 Å². The molecule has 0 aromatic carbocycles. The van der Waals surface area contributed by atoms with Crippen molar-refractivity contribution < 1.29 is 0 Å². The molecule has 27 heavy (non-hydrogen) atoms. The van der Waals surface area contributed by atoms with Gasteiger partial charge in [0.2, 0.25) is 0 Å². The van der Waals surface area contributed by atoms with E-state index in [2.05, 4.69) is 39.3 Å². The number of aromatic nitrogens is 1. The van der Waals surface area contributed by atoms with Gasteiger partial charge in [-0.15, -0.1) is 24.0 Å². The Morgan fingerprint density at radius 2 is 1.81 bits per heavy atom. The minimum absolute atomic E-state index is 0. The Balaban J connectivity index is 0.00000364. The molecule has 0 radical (unpaired) electrons. The Morgan fingerprint density at radius 3 is 2.33 bits per heavy atom. The maximum atomic E-state index is 6.11. The van der Waals surface area contributed by atoms with Gasteiger partial charge in [0.05, 0.1) is 11.6 Å². The molecule has 156 valence electrons. The molecule has 2 heterocycles. The number of aliphatic imine (C=N–C) groups is 1. The Morgan fingerprint density at radius 1 is 1.19 bits per heavy atom. The van der Waals surface area contributed by atoms with E-state index in [4.69, 9.17) is 23.2 Å². The molecular formula is C18H33Cl2IN6. The second-order valence-corrected chi connectivity index (χ2v) is 7.75. The van der Waals surface area contributed by atoms with Crippen molar-refractivity contribution in [2.75, 3.05) is 52.9 Å². The zero-order valence-corrected chi connectivity index (χ0v) is 20.6. The summed E-state index contributed by atoms with van der Waals surface area (Å²) >= 11 is 12.2. The first-order valence-corrected chi connectivity index (χ1v) is 10.1. The molecule has 0 spiro atoms. The number of piperazine rings is 1. The molecule has 0 saturated carbocycles. The molecule has 1 fully saturated rings. The third kappa shape index (κ3) is 7.61. The van der Waals surface area contributed by atoms with Crippen LogP contribution in [0, 0.1) is 5.92 Å². The highest BCUT2D eigenvalue weighted by Crippen LogP contribution is 2.24. The molecule has 6 nitrogen and oxygen atoms in total. The Hall–Kier alpha value is -0.220. The van der Waals surface area contributed by atoms with Crippen LogP contribution in [0.3, 0.4) is 0 Å². The van der Waals surface area contributed by atoms with Gasteiger partial charge in [0, 0.05) is 59.1 Å². The molecule has 1 saturated heterocycles. The average molecular weight is 531 g/mol. The topological polar surface area (TPSA) is 47.8 Å². The fourth-order valence-electron chi connectivity index (χ4n) is 3.22. The molecule has 9 heteroatoms. The minimum Gasteiger partial charge on any atom is -0.356 e. The minimum atomic E-state index is 0. The van der Waals surface area contributed by atoms with Crippen LogP contribution in [-0.2, 0) is 13.6 Å². The van der Waals surface area contributed by atoms with E-state index in [9.17, 15) is 0 Å². The van der Waals surface area contributed by atoms with Crippen LogP contribution in [0.4, 0.5) is 0 Å². The predicted octanol–water partition coefficient (Wildman–Crippen LogP) is 2.89. The van der Waals surface area contributed by atoms with Crippen molar-refractivity contribution in [2.45, 2.75) is 20.4 Å². The summed E-state index contributed by atoms with van der Waals surface area (Å²) in [6.07, 6.45) is 0. The molecular weight excluding hydrogens is 498 g/mol. The quantitative estimate of drug-likeness (QED) is 0.323. The van der Waals surface area contributed by atoms with Crippen molar-refractivity contribution in [3.8, 4) is 0 Å². The summed E-state index contributed by atoms with van der Waals surface area (Å²) in [6, 6.07) is 1.88. The number of guanidine groups is 1. The van der Waals surface area contributed by atoms with Crippen LogP contribution >= 0.6 is 47.2 Å². The Kier molecular flexibility index (Phi) is 11.4. The number of nitrogens with zero attached hydrogens (tertiary/aromatic N) is 4. The summed E-state index contributed by atoms with van der Waals surface area (Å²) in [6.45, 7) is 13.0. The SMILES string of the molecule is CCN1CCN(CC(C)CNC(=NC)NCc2cc(Cl)c(Cl)n2C)CC1.I. The number of rotatable bonds is 7. The number of hydrogen-bond donors (Lipinski definition) is 2. The van der Waals surface area contributed by atoms with Gasteiger partial charge in [-0.3, -0.25) is 4.99 Å². The summed E-state index contributed by atoms with van der Waals surface area (Å²) in [5.41, 5.74) is 1.02. The highest BCUT2D eigenvalue weighted by atomic mass is 127. The molecule has 0 bridgehead atoms. The van der Waals surface area contributed by atoms with Gasteiger partial charge in [0.25, 0.3) is 0 Å². The van der Waals surface area contributed by atoms with Gasteiger partial charge in [0.1, 0.15) is 5.15 Å². The van der Waals surface area contributed by atoms with Crippen molar-refractivity contribution in [3.05, 3.63) is 21.9 Å². The van der Waals surface area contributed by atoms with Crippen molar-refractivity contribution in [1.29, 1.82) is 0 Å². The van der Waals surface area contributed by atoms with Crippen LogP contribution in [0.5, 0.6) is 0 Å². The summed E-state index contributed by atoms with van der Waals surface area (Å²) < 4.78 is 1.88. The fraction of sp³-hybridized carbons (Fsp3) is 0.722. The second kappa shape index (κ2) is 12.4. The van der Waals surface area contributed by atoms with Gasteiger partial charge in [0.15, 0.2) is 5.96 Å². The van der Waals surface area contributed by atoms with Crippen LogP contribution in [0.1, 0.15) is 19.5 Å². The van der Waals surface area contributed by atoms with Gasteiger partial charge in [-0.1, -0.05) is 37.0 Å². The maximum Gasteiger partial charge on any atom is 0.191 e. The molecule has 1 aliphatic heterocycles. The standard InChI is InChI=1S/C18H32Cl2N6.HI/c1-5-25-6-8-26(9-7-25)13-14(2)11-22-18(21-3)23-12-15-10-16(19)17(20)24(15)4;/h10,14H,5-9,11-13H2,1-4H3,(H2,21,22,23);1H. The largest absolute Gasteiger partial charge is 0.356 e. The number of hydrogen-bond acceptors (Lipinski definition) is 3. The van der Waals surface area contributed by atoms with Gasteiger partial charge >= 0.3 is 0 Å². The average Bonchev–Trinajstić information content (AvgIpc) is 2.89. The number of likely N-dealkylation sites (N-methyl/N-ethyl adjacent to an activating group) is 1. The normalized spacial score (nSPS) is 17.5. The van der Waals surface area contributed by atoms with E-state index in [-0.39, 0.29) is 24.0 Å². The highest BCUT2D eigenvalue weighted by Gasteiger charge is 2.17. The van der Waals surface area contributed by atoms with E-state index < -0.39 is 0 Å².